The molecule has 0 aliphatic heterocycles. The van der Waals surface area contributed by atoms with Crippen LogP contribution in [-0.4, -0.2) is 42.5 Å². The molecule has 214 valence electrons. The molecule has 40 heavy (non-hydrogen) atoms. The normalized spacial score (nSPS) is 18.2. The van der Waals surface area contributed by atoms with Crippen molar-refractivity contribution in [2.24, 2.45) is 11.3 Å². The molecule has 2 aliphatic rings. The lowest BCUT2D eigenvalue weighted by molar-refractivity contribution is -0.137. The standard InChI is InChI=1S/C28H33F3N6O3/c1-16(18-7-6-8-18)32-21-20-22(34-23(33-21)24(38)39)35-26(36-25(40)27(2)13-4-3-5-14-27)37(20)15-17-9-11-19(12-10-17)28(29,30)31/h9-12,16,18H,3-8,13-15H2,1-2H3,(H,38,39)(H2,32,33,34,35,36,40). The van der Waals surface area contributed by atoms with Crippen LogP contribution in [0.5, 0.6) is 0 Å². The molecule has 0 bridgehead atoms. The van der Waals surface area contributed by atoms with Crippen molar-refractivity contribution in [3.8, 4) is 0 Å². The van der Waals surface area contributed by atoms with Gasteiger partial charge in [-0.1, -0.05) is 44.7 Å². The average Bonchev–Trinajstić information content (AvgIpc) is 3.20. The van der Waals surface area contributed by atoms with Crippen LogP contribution in [0.15, 0.2) is 24.3 Å². The highest BCUT2D eigenvalue weighted by Crippen LogP contribution is 2.38. The lowest BCUT2D eigenvalue weighted by atomic mass is 9.75. The van der Waals surface area contributed by atoms with Crippen LogP contribution in [0.3, 0.4) is 0 Å². The van der Waals surface area contributed by atoms with Crippen molar-refractivity contribution < 1.29 is 27.9 Å². The maximum absolute atomic E-state index is 13.5. The number of imidazole rings is 1. The summed E-state index contributed by atoms with van der Waals surface area (Å²) in [7, 11) is 0. The van der Waals surface area contributed by atoms with E-state index in [0.29, 0.717) is 17.0 Å². The second kappa shape index (κ2) is 10.7. The number of carboxylic acids is 1. The van der Waals surface area contributed by atoms with E-state index < -0.39 is 28.9 Å². The maximum atomic E-state index is 13.5. The molecule has 2 saturated carbocycles. The molecule has 9 nitrogen and oxygen atoms in total. The van der Waals surface area contributed by atoms with Crippen LogP contribution in [0.25, 0.3) is 11.2 Å². The fourth-order valence-corrected chi connectivity index (χ4v) is 5.55. The minimum atomic E-state index is -4.47. The Kier molecular flexibility index (Phi) is 7.45. The number of carboxylic acid groups (broad SMARTS) is 1. The van der Waals surface area contributed by atoms with Gasteiger partial charge in [-0.05, 0) is 56.2 Å². The van der Waals surface area contributed by atoms with Crippen LogP contribution in [0, 0.1) is 11.3 Å². The first-order chi connectivity index (χ1) is 18.9. The zero-order valence-corrected chi connectivity index (χ0v) is 22.5. The molecule has 2 heterocycles. The average molecular weight is 559 g/mol. The van der Waals surface area contributed by atoms with Crippen LogP contribution in [0.2, 0.25) is 0 Å². The van der Waals surface area contributed by atoms with Gasteiger partial charge in [0, 0.05) is 11.5 Å². The van der Waals surface area contributed by atoms with Gasteiger partial charge in [-0.3, -0.25) is 10.1 Å². The van der Waals surface area contributed by atoms with E-state index in [9.17, 15) is 27.9 Å². The van der Waals surface area contributed by atoms with E-state index in [0.717, 1.165) is 63.5 Å². The number of fused-ring (bicyclic) bond motifs is 1. The number of anilines is 2. The van der Waals surface area contributed by atoms with Crippen LogP contribution in [0.1, 0.15) is 87.0 Å². The third kappa shape index (κ3) is 5.62. The number of nitrogens with zero attached hydrogens (tertiary/aromatic N) is 4. The summed E-state index contributed by atoms with van der Waals surface area (Å²) in [4.78, 5) is 38.3. The molecule has 2 aromatic heterocycles. The van der Waals surface area contributed by atoms with Crippen molar-refractivity contribution in [3.05, 3.63) is 41.2 Å². The number of carbonyl (C=O) groups excluding carboxylic acids is 1. The molecule has 12 heteroatoms. The van der Waals surface area contributed by atoms with Crippen molar-refractivity contribution in [1.82, 2.24) is 19.5 Å². The Labute approximate surface area is 229 Å². The summed E-state index contributed by atoms with van der Waals surface area (Å²) < 4.78 is 41.1. The largest absolute Gasteiger partial charge is 0.475 e. The number of benzene rings is 1. The van der Waals surface area contributed by atoms with Gasteiger partial charge in [0.05, 0.1) is 12.1 Å². The van der Waals surface area contributed by atoms with Crippen molar-refractivity contribution in [3.63, 3.8) is 0 Å². The summed E-state index contributed by atoms with van der Waals surface area (Å²) in [5, 5.41) is 15.9. The molecule has 1 aromatic carbocycles. The number of amides is 1. The molecule has 0 radical (unpaired) electrons. The van der Waals surface area contributed by atoms with E-state index in [1.165, 1.54) is 12.1 Å². The maximum Gasteiger partial charge on any atom is 0.416 e. The first-order valence-electron chi connectivity index (χ1n) is 13.7. The minimum absolute atomic E-state index is 0.0119. The number of carbonyl (C=O) groups is 2. The van der Waals surface area contributed by atoms with Crippen LogP contribution < -0.4 is 10.6 Å². The number of nitrogens with one attached hydrogen (secondary N) is 2. The first kappa shape index (κ1) is 27.9. The summed E-state index contributed by atoms with van der Waals surface area (Å²) in [6, 6.07) is 4.75. The molecular formula is C28H33F3N6O3. The third-order valence-electron chi connectivity index (χ3n) is 8.37. The van der Waals surface area contributed by atoms with E-state index >= 15 is 0 Å². The number of hydrogen-bond acceptors (Lipinski definition) is 6. The monoisotopic (exact) mass is 558 g/mol. The Morgan fingerprint density at radius 2 is 1.75 bits per heavy atom. The Balaban J connectivity index is 1.59. The van der Waals surface area contributed by atoms with Gasteiger partial charge in [0.1, 0.15) is 5.52 Å². The van der Waals surface area contributed by atoms with E-state index in [-0.39, 0.29) is 35.9 Å². The van der Waals surface area contributed by atoms with Crippen LogP contribution in [0.4, 0.5) is 24.9 Å². The Hall–Kier alpha value is -3.70. The molecule has 1 atom stereocenters. The SMILES string of the molecule is CC(Nc1nc(C(=O)O)nc2nc(NC(=O)C3(C)CCCCC3)n(Cc3ccc(C(F)(F)F)cc3)c12)C1CCC1. The van der Waals surface area contributed by atoms with E-state index in [1.807, 2.05) is 13.8 Å². The quantitative estimate of drug-likeness (QED) is 0.305. The van der Waals surface area contributed by atoms with E-state index in [1.54, 1.807) is 4.57 Å². The van der Waals surface area contributed by atoms with Crippen molar-refractivity contribution >= 4 is 34.8 Å². The predicted octanol–water partition coefficient (Wildman–Crippen LogP) is 6.10. The summed E-state index contributed by atoms with van der Waals surface area (Å²) in [6.45, 7) is 3.98. The lowest BCUT2D eigenvalue weighted by Crippen LogP contribution is -2.36. The van der Waals surface area contributed by atoms with Crippen molar-refractivity contribution in [2.75, 3.05) is 10.6 Å². The fourth-order valence-electron chi connectivity index (χ4n) is 5.55. The fraction of sp³-hybridized carbons (Fsp3) is 0.536. The molecule has 0 spiro atoms. The van der Waals surface area contributed by atoms with Crippen LogP contribution in [-0.2, 0) is 17.5 Å². The van der Waals surface area contributed by atoms with Gasteiger partial charge in [-0.15, -0.1) is 0 Å². The molecule has 1 amide bonds. The van der Waals surface area contributed by atoms with E-state index in [2.05, 4.69) is 25.6 Å². The van der Waals surface area contributed by atoms with Gasteiger partial charge in [0.2, 0.25) is 17.7 Å². The molecule has 0 saturated heterocycles. The number of halogens is 3. The van der Waals surface area contributed by atoms with Gasteiger partial charge in [0.25, 0.3) is 0 Å². The van der Waals surface area contributed by atoms with Gasteiger partial charge >= 0.3 is 12.1 Å². The second-order valence-corrected chi connectivity index (χ2v) is 11.3. The highest BCUT2D eigenvalue weighted by Gasteiger charge is 2.36. The molecule has 2 aliphatic carbocycles. The van der Waals surface area contributed by atoms with Crippen molar-refractivity contribution in [2.45, 2.75) is 84.0 Å². The van der Waals surface area contributed by atoms with Gasteiger partial charge in [-0.2, -0.15) is 18.2 Å². The zero-order valence-electron chi connectivity index (χ0n) is 22.5. The molecule has 3 N–H and O–H groups in total. The molecule has 5 rings (SSSR count). The highest BCUT2D eigenvalue weighted by atomic mass is 19.4. The number of aromatic nitrogens is 4. The summed E-state index contributed by atoms with van der Waals surface area (Å²) >= 11 is 0. The summed E-state index contributed by atoms with van der Waals surface area (Å²) in [6.07, 6.45) is 3.13. The molecular weight excluding hydrogens is 525 g/mol. The molecule has 1 unspecified atom stereocenters. The lowest BCUT2D eigenvalue weighted by Gasteiger charge is -2.32. The van der Waals surface area contributed by atoms with Crippen LogP contribution >= 0.6 is 0 Å². The number of rotatable bonds is 8. The van der Waals surface area contributed by atoms with E-state index in [4.69, 9.17) is 0 Å². The molecule has 3 aromatic rings. The smallest absolute Gasteiger partial charge is 0.416 e. The topological polar surface area (TPSA) is 122 Å². The predicted molar refractivity (Wildman–Crippen MR) is 143 cm³/mol. The van der Waals surface area contributed by atoms with Gasteiger partial charge in [-0.25, -0.2) is 14.8 Å². The highest BCUT2D eigenvalue weighted by molar-refractivity contribution is 5.97. The van der Waals surface area contributed by atoms with Gasteiger partial charge < -0.3 is 15.0 Å². The summed E-state index contributed by atoms with van der Waals surface area (Å²) in [5.41, 5.74) is -0.372. The number of hydrogen-bond donors (Lipinski definition) is 3. The Morgan fingerprint density at radius 3 is 2.33 bits per heavy atom. The summed E-state index contributed by atoms with van der Waals surface area (Å²) in [5.74, 6) is -1.17. The minimum Gasteiger partial charge on any atom is -0.475 e. The van der Waals surface area contributed by atoms with Crippen molar-refractivity contribution in [1.29, 1.82) is 0 Å². The van der Waals surface area contributed by atoms with Gasteiger partial charge in [0.15, 0.2) is 11.5 Å². The number of aromatic carboxylic acids is 1. The Morgan fingerprint density at radius 1 is 1.07 bits per heavy atom. The number of alkyl halides is 3. The third-order valence-corrected chi connectivity index (χ3v) is 8.37. The Bertz CT molecular complexity index is 1410. The first-order valence-corrected chi connectivity index (χ1v) is 13.7. The zero-order chi connectivity index (χ0) is 28.7. The molecule has 2 fully saturated rings. The second-order valence-electron chi connectivity index (χ2n) is 11.3.